The summed E-state index contributed by atoms with van der Waals surface area (Å²) in [5.41, 5.74) is 2.48. The number of hydrogen-bond acceptors (Lipinski definition) is 1. The summed E-state index contributed by atoms with van der Waals surface area (Å²) in [6.45, 7) is 0. The van der Waals surface area contributed by atoms with Gasteiger partial charge in [-0.3, -0.25) is 0 Å². The highest BCUT2D eigenvalue weighted by Crippen LogP contribution is 2.22. The number of rotatable bonds is 5. The molecule has 0 aliphatic rings. The third-order valence-corrected chi connectivity index (χ3v) is 3.08. The van der Waals surface area contributed by atoms with E-state index in [0.29, 0.717) is 0 Å². The minimum absolute atomic E-state index is 0.156. The van der Waals surface area contributed by atoms with Crippen molar-refractivity contribution in [3.05, 3.63) is 77.9 Å². The molecular formula is C17H16O. The molecule has 1 atom stereocenters. The van der Waals surface area contributed by atoms with E-state index in [1.807, 2.05) is 42.3 Å². The molecule has 0 aliphatic carbocycles. The molecule has 2 rings (SSSR count). The van der Waals surface area contributed by atoms with Crippen molar-refractivity contribution >= 4 is 5.94 Å². The Hall–Kier alpha value is -2.11. The van der Waals surface area contributed by atoms with Gasteiger partial charge < -0.3 is 0 Å². The van der Waals surface area contributed by atoms with E-state index >= 15 is 0 Å². The monoisotopic (exact) mass is 236 g/mol. The standard InChI is InChI=1S/C17H16O/c18-14-13-17(16-9-5-2-6-10-16)12-11-15-7-3-1-4-8-15/h1-10,13,17H,11-12H2. The summed E-state index contributed by atoms with van der Waals surface area (Å²) in [6, 6.07) is 20.5. The summed E-state index contributed by atoms with van der Waals surface area (Å²) in [6.07, 6.45) is 3.53. The summed E-state index contributed by atoms with van der Waals surface area (Å²) in [5, 5.41) is 0. The van der Waals surface area contributed by atoms with Crippen molar-refractivity contribution in [3.8, 4) is 0 Å². The minimum atomic E-state index is 0.156. The lowest BCUT2D eigenvalue weighted by Gasteiger charge is -2.11. The Morgan fingerprint density at radius 2 is 1.56 bits per heavy atom. The predicted octanol–water partition coefficient (Wildman–Crippen LogP) is 3.79. The van der Waals surface area contributed by atoms with Gasteiger partial charge in [-0.2, -0.15) is 0 Å². The molecule has 1 unspecified atom stereocenters. The van der Waals surface area contributed by atoms with Gasteiger partial charge in [0, 0.05) is 12.0 Å². The van der Waals surface area contributed by atoms with Gasteiger partial charge in [0.2, 0.25) is 0 Å². The Bertz CT molecular complexity index is 510. The highest BCUT2D eigenvalue weighted by molar-refractivity contribution is 5.48. The van der Waals surface area contributed by atoms with Gasteiger partial charge in [0.1, 0.15) is 5.94 Å². The summed E-state index contributed by atoms with van der Waals surface area (Å²) in [4.78, 5) is 10.6. The first-order valence-corrected chi connectivity index (χ1v) is 6.20. The van der Waals surface area contributed by atoms with Crippen molar-refractivity contribution in [1.29, 1.82) is 0 Å². The van der Waals surface area contributed by atoms with E-state index in [9.17, 15) is 4.79 Å². The number of allylic oxidation sites excluding steroid dienone is 1. The van der Waals surface area contributed by atoms with E-state index in [0.717, 1.165) is 12.8 Å². The van der Waals surface area contributed by atoms with Crippen LogP contribution in [-0.4, -0.2) is 5.94 Å². The van der Waals surface area contributed by atoms with E-state index in [2.05, 4.69) is 24.3 Å². The molecule has 2 aromatic rings. The fourth-order valence-corrected chi connectivity index (χ4v) is 2.10. The van der Waals surface area contributed by atoms with Crippen LogP contribution in [0.5, 0.6) is 0 Å². The van der Waals surface area contributed by atoms with E-state index in [4.69, 9.17) is 0 Å². The molecule has 0 heterocycles. The molecule has 1 heteroatoms. The molecule has 0 radical (unpaired) electrons. The molecule has 0 aromatic heterocycles. The fourth-order valence-electron chi connectivity index (χ4n) is 2.10. The highest BCUT2D eigenvalue weighted by Gasteiger charge is 2.08. The van der Waals surface area contributed by atoms with E-state index < -0.39 is 0 Å². The summed E-state index contributed by atoms with van der Waals surface area (Å²) < 4.78 is 0. The summed E-state index contributed by atoms with van der Waals surface area (Å²) >= 11 is 0. The van der Waals surface area contributed by atoms with Crippen LogP contribution in [0, 0.1) is 0 Å². The average Bonchev–Trinajstić information content (AvgIpc) is 2.45. The molecule has 2 aromatic carbocycles. The normalized spacial score (nSPS) is 11.6. The van der Waals surface area contributed by atoms with Gasteiger partial charge >= 0.3 is 0 Å². The van der Waals surface area contributed by atoms with Gasteiger partial charge in [-0.25, -0.2) is 4.79 Å². The fraction of sp³-hybridized carbons (Fsp3) is 0.176. The Morgan fingerprint density at radius 1 is 0.944 bits per heavy atom. The molecule has 18 heavy (non-hydrogen) atoms. The summed E-state index contributed by atoms with van der Waals surface area (Å²) in [7, 11) is 0. The smallest absolute Gasteiger partial charge is 0.120 e. The molecule has 0 spiro atoms. The van der Waals surface area contributed by atoms with E-state index in [-0.39, 0.29) is 5.92 Å². The molecule has 0 saturated carbocycles. The molecule has 0 amide bonds. The molecule has 0 N–H and O–H groups in total. The first-order valence-electron chi connectivity index (χ1n) is 6.20. The first-order chi connectivity index (χ1) is 8.90. The zero-order valence-electron chi connectivity index (χ0n) is 10.3. The number of hydrogen-bond donors (Lipinski definition) is 0. The van der Waals surface area contributed by atoms with E-state index in [1.165, 1.54) is 11.1 Å². The van der Waals surface area contributed by atoms with Crippen LogP contribution in [0.15, 0.2) is 66.7 Å². The molecule has 0 bridgehead atoms. The number of benzene rings is 2. The topological polar surface area (TPSA) is 17.1 Å². The van der Waals surface area contributed by atoms with Crippen LogP contribution in [0.3, 0.4) is 0 Å². The van der Waals surface area contributed by atoms with Gasteiger partial charge in [-0.05, 0) is 24.0 Å². The van der Waals surface area contributed by atoms with Crippen molar-refractivity contribution in [3.63, 3.8) is 0 Å². The largest absolute Gasteiger partial charge is 0.234 e. The molecule has 0 saturated heterocycles. The third-order valence-electron chi connectivity index (χ3n) is 3.08. The molecule has 0 fully saturated rings. The zero-order chi connectivity index (χ0) is 12.6. The van der Waals surface area contributed by atoms with Crippen molar-refractivity contribution < 1.29 is 4.79 Å². The number of carbonyl (C=O) groups excluding carboxylic acids is 1. The zero-order valence-corrected chi connectivity index (χ0v) is 10.3. The third kappa shape index (κ3) is 3.44. The van der Waals surface area contributed by atoms with Crippen molar-refractivity contribution in [2.45, 2.75) is 18.8 Å². The van der Waals surface area contributed by atoms with Gasteiger partial charge in [-0.15, -0.1) is 0 Å². The SMILES string of the molecule is O=C=CC(CCc1ccccc1)c1ccccc1. The maximum atomic E-state index is 10.6. The maximum Gasteiger partial charge on any atom is 0.120 e. The lowest BCUT2D eigenvalue weighted by Crippen LogP contribution is -1.98. The minimum Gasteiger partial charge on any atom is -0.234 e. The second-order valence-electron chi connectivity index (χ2n) is 4.33. The highest BCUT2D eigenvalue weighted by atomic mass is 16.1. The average molecular weight is 236 g/mol. The van der Waals surface area contributed by atoms with Crippen molar-refractivity contribution in [2.24, 2.45) is 0 Å². The Kier molecular flexibility index (Phi) is 4.52. The molecule has 0 aliphatic heterocycles. The van der Waals surface area contributed by atoms with Crippen molar-refractivity contribution in [1.82, 2.24) is 0 Å². The summed E-state index contributed by atoms with van der Waals surface area (Å²) in [5.74, 6) is 2.08. The van der Waals surface area contributed by atoms with Gasteiger partial charge in [-0.1, -0.05) is 60.7 Å². The quantitative estimate of drug-likeness (QED) is 0.722. The predicted molar refractivity (Wildman–Crippen MR) is 74.2 cm³/mol. The van der Waals surface area contributed by atoms with Crippen LogP contribution >= 0.6 is 0 Å². The van der Waals surface area contributed by atoms with Gasteiger partial charge in [0.25, 0.3) is 0 Å². The second-order valence-corrected chi connectivity index (χ2v) is 4.33. The first kappa shape index (κ1) is 12.3. The molecule has 1 nitrogen and oxygen atoms in total. The van der Waals surface area contributed by atoms with Gasteiger partial charge in [0.15, 0.2) is 0 Å². The molecular weight excluding hydrogens is 220 g/mol. The Labute approximate surface area is 108 Å². The van der Waals surface area contributed by atoms with E-state index in [1.54, 1.807) is 6.08 Å². The van der Waals surface area contributed by atoms with Crippen LogP contribution in [-0.2, 0) is 11.2 Å². The number of aryl methyl sites for hydroxylation is 1. The lowest BCUT2D eigenvalue weighted by atomic mass is 9.92. The van der Waals surface area contributed by atoms with Crippen LogP contribution in [0.1, 0.15) is 23.5 Å². The Morgan fingerprint density at radius 3 is 2.17 bits per heavy atom. The lowest BCUT2D eigenvalue weighted by molar-refractivity contribution is 0.566. The van der Waals surface area contributed by atoms with Crippen LogP contribution in [0.2, 0.25) is 0 Å². The maximum absolute atomic E-state index is 10.6. The second kappa shape index (κ2) is 6.58. The van der Waals surface area contributed by atoms with Crippen LogP contribution < -0.4 is 0 Å². The molecule has 90 valence electrons. The Balaban J connectivity index is 2.06. The van der Waals surface area contributed by atoms with Crippen LogP contribution in [0.4, 0.5) is 0 Å². The van der Waals surface area contributed by atoms with Crippen LogP contribution in [0.25, 0.3) is 0 Å². The van der Waals surface area contributed by atoms with Crippen molar-refractivity contribution in [2.75, 3.05) is 0 Å². The van der Waals surface area contributed by atoms with Gasteiger partial charge in [0.05, 0.1) is 0 Å².